The first-order valence-corrected chi connectivity index (χ1v) is 6.08. The van der Waals surface area contributed by atoms with Crippen molar-refractivity contribution in [3.63, 3.8) is 0 Å². The van der Waals surface area contributed by atoms with Crippen molar-refractivity contribution in [3.8, 4) is 0 Å². The summed E-state index contributed by atoms with van der Waals surface area (Å²) in [5, 5.41) is 0.666. The molecule has 0 aliphatic heterocycles. The minimum atomic E-state index is 0.0428. The van der Waals surface area contributed by atoms with E-state index in [0.29, 0.717) is 10.6 Å². The number of benzene rings is 2. The summed E-state index contributed by atoms with van der Waals surface area (Å²) in [7, 11) is 0. The van der Waals surface area contributed by atoms with Crippen LogP contribution in [0.5, 0.6) is 0 Å². The second-order valence-corrected chi connectivity index (χ2v) is 4.47. The number of hydrogen-bond acceptors (Lipinski definition) is 1. The Kier molecular flexibility index (Phi) is 3.96. The zero-order valence-corrected chi connectivity index (χ0v) is 10.8. The Hall–Kier alpha value is -1.86. The molecule has 0 aromatic heterocycles. The summed E-state index contributed by atoms with van der Waals surface area (Å²) >= 11 is 5.94. The summed E-state index contributed by atoms with van der Waals surface area (Å²) < 4.78 is 0. The van der Waals surface area contributed by atoms with Crippen LogP contribution in [0.25, 0.3) is 11.6 Å². The van der Waals surface area contributed by atoms with E-state index in [0.717, 1.165) is 11.1 Å². The molecule has 0 heterocycles. The Morgan fingerprint density at radius 1 is 1.06 bits per heavy atom. The molecular weight excluding hydrogens is 244 g/mol. The molecule has 0 unspecified atom stereocenters. The maximum Gasteiger partial charge on any atom is 0.160 e. The monoisotopic (exact) mass is 256 g/mol. The van der Waals surface area contributed by atoms with Crippen LogP contribution in [0, 0.1) is 0 Å². The highest BCUT2D eigenvalue weighted by atomic mass is 35.5. The number of allylic oxidation sites excluding steroid dienone is 1. The Labute approximate surface area is 112 Å². The van der Waals surface area contributed by atoms with E-state index in [-0.39, 0.29) is 5.78 Å². The molecule has 2 aromatic carbocycles. The van der Waals surface area contributed by atoms with Gasteiger partial charge in [0.15, 0.2) is 5.78 Å². The topological polar surface area (TPSA) is 17.1 Å². The number of ketones is 1. The molecule has 0 N–H and O–H groups in total. The van der Waals surface area contributed by atoms with Gasteiger partial charge >= 0.3 is 0 Å². The van der Waals surface area contributed by atoms with Crippen LogP contribution >= 0.6 is 11.6 Å². The van der Waals surface area contributed by atoms with Crippen LogP contribution in [0.2, 0.25) is 5.02 Å². The maximum absolute atomic E-state index is 11.7. The lowest BCUT2D eigenvalue weighted by molar-refractivity contribution is -0.111. The average molecular weight is 257 g/mol. The van der Waals surface area contributed by atoms with Crippen LogP contribution in [-0.4, -0.2) is 5.78 Å². The third kappa shape index (κ3) is 3.08. The number of Topliss-reactive ketones (excluding diaryl/α,β-unsaturated/α-hetero) is 1. The van der Waals surface area contributed by atoms with Gasteiger partial charge in [0.05, 0.1) is 0 Å². The van der Waals surface area contributed by atoms with Crippen LogP contribution < -0.4 is 0 Å². The molecule has 0 aliphatic rings. The molecule has 0 amide bonds. The molecule has 90 valence electrons. The minimum Gasteiger partial charge on any atom is -0.294 e. The fourth-order valence-electron chi connectivity index (χ4n) is 1.77. The van der Waals surface area contributed by atoms with Gasteiger partial charge in [0.25, 0.3) is 0 Å². The molecule has 0 atom stereocenters. The lowest BCUT2D eigenvalue weighted by Crippen LogP contribution is -1.95. The first-order valence-electron chi connectivity index (χ1n) is 5.70. The van der Waals surface area contributed by atoms with Crippen LogP contribution in [0.4, 0.5) is 0 Å². The molecule has 0 fully saturated rings. The van der Waals surface area contributed by atoms with E-state index in [4.69, 9.17) is 11.6 Å². The lowest BCUT2D eigenvalue weighted by Gasteiger charge is -2.04. The Balaban J connectivity index is 2.46. The van der Waals surface area contributed by atoms with E-state index < -0.39 is 0 Å². The SMILES string of the molecule is CC(=O)/C(=C/c1cccc(Cl)c1)c1ccccc1. The zero-order valence-electron chi connectivity index (χ0n) is 10.1. The lowest BCUT2D eigenvalue weighted by atomic mass is 10.00. The highest BCUT2D eigenvalue weighted by Gasteiger charge is 2.06. The normalized spacial score (nSPS) is 11.3. The molecule has 0 spiro atoms. The van der Waals surface area contributed by atoms with E-state index >= 15 is 0 Å². The van der Waals surface area contributed by atoms with Crippen LogP contribution in [0.3, 0.4) is 0 Å². The fourth-order valence-corrected chi connectivity index (χ4v) is 1.97. The van der Waals surface area contributed by atoms with E-state index in [1.807, 2.05) is 60.7 Å². The van der Waals surface area contributed by atoms with E-state index in [1.54, 1.807) is 6.92 Å². The zero-order chi connectivity index (χ0) is 13.0. The number of carbonyl (C=O) groups is 1. The largest absolute Gasteiger partial charge is 0.294 e. The molecule has 0 bridgehead atoms. The van der Waals surface area contributed by atoms with Crippen molar-refractivity contribution in [1.29, 1.82) is 0 Å². The molecular formula is C16H13ClO. The molecule has 2 aromatic rings. The van der Waals surface area contributed by atoms with Crippen molar-refractivity contribution in [3.05, 3.63) is 70.7 Å². The molecule has 0 radical (unpaired) electrons. The van der Waals surface area contributed by atoms with Gasteiger partial charge in [0.2, 0.25) is 0 Å². The van der Waals surface area contributed by atoms with Gasteiger partial charge in [0, 0.05) is 10.6 Å². The van der Waals surface area contributed by atoms with Gasteiger partial charge < -0.3 is 0 Å². The molecule has 0 saturated carbocycles. The molecule has 0 saturated heterocycles. The smallest absolute Gasteiger partial charge is 0.160 e. The van der Waals surface area contributed by atoms with Crippen molar-refractivity contribution in [2.24, 2.45) is 0 Å². The molecule has 2 rings (SSSR count). The van der Waals surface area contributed by atoms with Crippen molar-refractivity contribution in [1.82, 2.24) is 0 Å². The quantitative estimate of drug-likeness (QED) is 0.585. The first-order chi connectivity index (χ1) is 8.66. The Bertz CT molecular complexity index is 585. The van der Waals surface area contributed by atoms with E-state index in [9.17, 15) is 4.79 Å². The Morgan fingerprint density at radius 3 is 2.39 bits per heavy atom. The highest BCUT2D eigenvalue weighted by Crippen LogP contribution is 2.20. The number of hydrogen-bond donors (Lipinski definition) is 0. The summed E-state index contributed by atoms with van der Waals surface area (Å²) in [6, 6.07) is 17.1. The summed E-state index contributed by atoms with van der Waals surface area (Å²) in [5.74, 6) is 0.0428. The predicted molar refractivity (Wildman–Crippen MR) is 76.4 cm³/mol. The average Bonchev–Trinajstić information content (AvgIpc) is 2.37. The van der Waals surface area contributed by atoms with Crippen LogP contribution in [-0.2, 0) is 4.79 Å². The summed E-state index contributed by atoms with van der Waals surface area (Å²) in [6.45, 7) is 1.57. The third-order valence-corrected chi connectivity index (χ3v) is 2.86. The van der Waals surface area contributed by atoms with E-state index in [1.165, 1.54) is 0 Å². The van der Waals surface area contributed by atoms with Crippen molar-refractivity contribution in [2.45, 2.75) is 6.92 Å². The molecule has 18 heavy (non-hydrogen) atoms. The fraction of sp³-hybridized carbons (Fsp3) is 0.0625. The van der Waals surface area contributed by atoms with Gasteiger partial charge in [0.1, 0.15) is 0 Å². The van der Waals surface area contributed by atoms with Gasteiger partial charge in [-0.25, -0.2) is 0 Å². The van der Waals surface area contributed by atoms with E-state index in [2.05, 4.69) is 0 Å². The first kappa shape index (κ1) is 12.6. The van der Waals surface area contributed by atoms with Gasteiger partial charge in [-0.3, -0.25) is 4.79 Å². The second-order valence-electron chi connectivity index (χ2n) is 4.04. The number of carbonyl (C=O) groups excluding carboxylic acids is 1. The summed E-state index contributed by atoms with van der Waals surface area (Å²) in [5.41, 5.74) is 2.54. The van der Waals surface area contributed by atoms with Crippen molar-refractivity contribution < 1.29 is 4.79 Å². The van der Waals surface area contributed by atoms with Crippen LogP contribution in [0.1, 0.15) is 18.1 Å². The standard InChI is InChI=1S/C16H13ClO/c1-12(18)16(14-7-3-2-4-8-14)11-13-6-5-9-15(17)10-13/h2-11H,1H3/b16-11-. The summed E-state index contributed by atoms with van der Waals surface area (Å²) in [4.78, 5) is 11.7. The van der Waals surface area contributed by atoms with Gasteiger partial charge in [-0.05, 0) is 36.3 Å². The Morgan fingerprint density at radius 2 is 1.78 bits per heavy atom. The highest BCUT2D eigenvalue weighted by molar-refractivity contribution is 6.31. The van der Waals surface area contributed by atoms with Gasteiger partial charge in [-0.15, -0.1) is 0 Å². The minimum absolute atomic E-state index is 0.0428. The van der Waals surface area contributed by atoms with Crippen LogP contribution in [0.15, 0.2) is 54.6 Å². The third-order valence-electron chi connectivity index (χ3n) is 2.62. The molecule has 2 heteroatoms. The van der Waals surface area contributed by atoms with Crippen molar-refractivity contribution in [2.75, 3.05) is 0 Å². The maximum atomic E-state index is 11.7. The molecule has 0 aliphatic carbocycles. The van der Waals surface area contributed by atoms with Gasteiger partial charge in [-0.2, -0.15) is 0 Å². The van der Waals surface area contributed by atoms with Crippen molar-refractivity contribution >= 4 is 29.0 Å². The second kappa shape index (κ2) is 5.65. The number of rotatable bonds is 3. The predicted octanol–water partition coefficient (Wildman–Crippen LogP) is 4.47. The summed E-state index contributed by atoms with van der Waals surface area (Å²) in [6.07, 6.45) is 1.86. The van der Waals surface area contributed by atoms with Gasteiger partial charge in [-0.1, -0.05) is 54.1 Å². The number of halogens is 1. The molecule has 1 nitrogen and oxygen atoms in total.